The predicted molar refractivity (Wildman–Crippen MR) is 56.3 cm³/mol. The number of benzene rings is 1. The van der Waals surface area contributed by atoms with Crippen molar-refractivity contribution in [2.24, 2.45) is 0 Å². The maximum atomic E-state index is 13.1. The molecule has 0 aliphatic carbocycles. The van der Waals surface area contributed by atoms with E-state index in [0.717, 1.165) is 18.3 Å². The highest BCUT2D eigenvalue weighted by molar-refractivity contribution is 5.74. The Hall–Kier alpha value is -1.78. The average Bonchev–Trinajstić information content (AvgIpc) is 2.20. The van der Waals surface area contributed by atoms with Gasteiger partial charge in [-0.25, -0.2) is 13.8 Å². The minimum atomic E-state index is -0.977. The first-order chi connectivity index (χ1) is 7.50. The second-order valence-electron chi connectivity index (χ2n) is 3.82. The van der Waals surface area contributed by atoms with Crippen molar-refractivity contribution in [3.63, 3.8) is 0 Å². The molecular weight excluding hydrogens is 214 g/mol. The van der Waals surface area contributed by atoms with E-state index in [2.05, 4.69) is 4.98 Å². The fourth-order valence-electron chi connectivity index (χ4n) is 1.66. The van der Waals surface area contributed by atoms with Crippen LogP contribution in [0.5, 0.6) is 0 Å². The number of fused-ring (bicyclic) bond motifs is 1. The van der Waals surface area contributed by atoms with Crippen LogP contribution in [0, 0.1) is 11.6 Å². The van der Waals surface area contributed by atoms with Gasteiger partial charge in [-0.05, 0) is 13.8 Å². The Morgan fingerprint density at radius 3 is 2.50 bits per heavy atom. The molecule has 84 valence electrons. The van der Waals surface area contributed by atoms with Crippen LogP contribution >= 0.6 is 0 Å². The second-order valence-corrected chi connectivity index (χ2v) is 3.82. The first-order valence-electron chi connectivity index (χ1n) is 4.87. The lowest BCUT2D eigenvalue weighted by Crippen LogP contribution is -2.22. The molecule has 0 atom stereocenters. The van der Waals surface area contributed by atoms with Crippen LogP contribution in [0.15, 0.2) is 23.1 Å². The van der Waals surface area contributed by atoms with E-state index in [1.807, 2.05) is 0 Å². The van der Waals surface area contributed by atoms with Gasteiger partial charge in [-0.3, -0.25) is 4.79 Å². The van der Waals surface area contributed by atoms with Crippen molar-refractivity contribution >= 4 is 11.0 Å². The Bertz CT molecular complexity index is 605. The van der Waals surface area contributed by atoms with Crippen molar-refractivity contribution in [3.8, 4) is 0 Å². The smallest absolute Gasteiger partial charge is 0.269 e. The van der Waals surface area contributed by atoms with Crippen molar-refractivity contribution in [1.82, 2.24) is 9.55 Å². The molecule has 2 aromatic rings. The Labute approximate surface area is 90.3 Å². The first kappa shape index (κ1) is 10.7. The van der Waals surface area contributed by atoms with Crippen LogP contribution in [0.4, 0.5) is 8.78 Å². The van der Waals surface area contributed by atoms with Crippen molar-refractivity contribution in [2.75, 3.05) is 0 Å². The summed E-state index contributed by atoms with van der Waals surface area (Å²) in [5.41, 5.74) is 0.252. The number of halogens is 2. The molecule has 1 heterocycles. The highest BCUT2D eigenvalue weighted by Crippen LogP contribution is 2.17. The predicted octanol–water partition coefficient (Wildman–Crippen LogP) is 2.26. The lowest BCUT2D eigenvalue weighted by molar-refractivity contribution is 0.508. The number of hydrogen-bond acceptors (Lipinski definition) is 2. The molecule has 2 rings (SSSR count). The summed E-state index contributed by atoms with van der Waals surface area (Å²) in [6.07, 6.45) is 1.11. The van der Waals surface area contributed by atoms with Crippen molar-refractivity contribution in [2.45, 2.75) is 19.9 Å². The van der Waals surface area contributed by atoms with Crippen LogP contribution in [0.1, 0.15) is 19.9 Å². The summed E-state index contributed by atoms with van der Waals surface area (Å²) >= 11 is 0. The van der Waals surface area contributed by atoms with Gasteiger partial charge < -0.3 is 4.57 Å². The fraction of sp³-hybridized carbons (Fsp3) is 0.273. The zero-order chi connectivity index (χ0) is 11.9. The quantitative estimate of drug-likeness (QED) is 0.744. The summed E-state index contributed by atoms with van der Waals surface area (Å²) in [5.74, 6) is -1.94. The van der Waals surface area contributed by atoms with E-state index in [9.17, 15) is 13.6 Å². The van der Waals surface area contributed by atoms with Gasteiger partial charge in [0.1, 0.15) is 0 Å². The maximum absolute atomic E-state index is 13.1. The largest absolute Gasteiger partial charge is 0.303 e. The van der Waals surface area contributed by atoms with E-state index >= 15 is 0 Å². The molecule has 0 saturated heterocycles. The van der Waals surface area contributed by atoms with Gasteiger partial charge in [-0.15, -0.1) is 0 Å². The number of nitrogens with zero attached hydrogens (tertiary/aromatic N) is 2. The van der Waals surface area contributed by atoms with E-state index in [4.69, 9.17) is 0 Å². The van der Waals surface area contributed by atoms with Gasteiger partial charge in [0.05, 0.1) is 17.2 Å². The van der Waals surface area contributed by atoms with Gasteiger partial charge in [0.2, 0.25) is 0 Å². The minimum Gasteiger partial charge on any atom is -0.303 e. The summed E-state index contributed by atoms with van der Waals surface area (Å²) in [6.45, 7) is 3.59. The van der Waals surface area contributed by atoms with Gasteiger partial charge >= 0.3 is 0 Å². The van der Waals surface area contributed by atoms with Crippen LogP contribution in [-0.2, 0) is 0 Å². The molecule has 0 N–H and O–H groups in total. The highest BCUT2D eigenvalue weighted by Gasteiger charge is 2.11. The summed E-state index contributed by atoms with van der Waals surface area (Å²) in [6, 6.07) is 1.85. The zero-order valence-electron chi connectivity index (χ0n) is 8.87. The number of rotatable bonds is 1. The maximum Gasteiger partial charge on any atom is 0.269 e. The van der Waals surface area contributed by atoms with E-state index in [1.165, 1.54) is 4.57 Å². The van der Waals surface area contributed by atoms with Crippen molar-refractivity contribution in [1.29, 1.82) is 0 Å². The second kappa shape index (κ2) is 3.66. The molecule has 3 nitrogen and oxygen atoms in total. The Balaban J connectivity index is 2.92. The molecule has 0 fully saturated rings. The topological polar surface area (TPSA) is 34.9 Å². The van der Waals surface area contributed by atoms with Gasteiger partial charge in [0, 0.05) is 18.2 Å². The van der Waals surface area contributed by atoms with Crippen LogP contribution < -0.4 is 5.56 Å². The highest BCUT2D eigenvalue weighted by atomic mass is 19.2. The van der Waals surface area contributed by atoms with E-state index in [1.54, 1.807) is 13.8 Å². The van der Waals surface area contributed by atoms with Crippen LogP contribution in [-0.4, -0.2) is 9.55 Å². The Morgan fingerprint density at radius 2 is 1.88 bits per heavy atom. The molecule has 0 unspecified atom stereocenters. The van der Waals surface area contributed by atoms with Gasteiger partial charge in [0.15, 0.2) is 11.6 Å². The van der Waals surface area contributed by atoms with Crippen LogP contribution in [0.3, 0.4) is 0 Å². The molecular formula is C11H10F2N2O. The summed E-state index contributed by atoms with van der Waals surface area (Å²) < 4.78 is 27.5. The first-order valence-corrected chi connectivity index (χ1v) is 4.87. The van der Waals surface area contributed by atoms with E-state index < -0.39 is 11.6 Å². The number of aromatic nitrogens is 2. The van der Waals surface area contributed by atoms with Gasteiger partial charge in [-0.2, -0.15) is 0 Å². The third-order valence-corrected chi connectivity index (χ3v) is 2.34. The lowest BCUT2D eigenvalue weighted by Gasteiger charge is -2.12. The van der Waals surface area contributed by atoms with Crippen molar-refractivity contribution in [3.05, 3.63) is 40.3 Å². The normalized spacial score (nSPS) is 11.3. The van der Waals surface area contributed by atoms with Gasteiger partial charge in [0.25, 0.3) is 5.56 Å². The SMILES string of the molecule is CC(C)n1c(=O)cnc2cc(F)c(F)cc21. The molecule has 0 radical (unpaired) electrons. The van der Waals surface area contributed by atoms with Gasteiger partial charge in [-0.1, -0.05) is 0 Å². The molecule has 1 aromatic carbocycles. The summed E-state index contributed by atoms with van der Waals surface area (Å²) in [7, 11) is 0. The lowest BCUT2D eigenvalue weighted by atomic mass is 10.2. The molecule has 0 saturated carbocycles. The molecule has 5 heteroatoms. The van der Waals surface area contributed by atoms with E-state index in [-0.39, 0.29) is 17.1 Å². The molecule has 0 spiro atoms. The molecule has 1 aromatic heterocycles. The van der Waals surface area contributed by atoms with Crippen molar-refractivity contribution < 1.29 is 8.78 Å². The monoisotopic (exact) mass is 224 g/mol. The van der Waals surface area contributed by atoms with E-state index in [0.29, 0.717) is 5.52 Å². The summed E-state index contributed by atoms with van der Waals surface area (Å²) in [5, 5.41) is 0. The third-order valence-electron chi connectivity index (χ3n) is 2.34. The minimum absolute atomic E-state index is 0.136. The molecule has 0 bridgehead atoms. The molecule has 0 amide bonds. The zero-order valence-corrected chi connectivity index (χ0v) is 8.87. The molecule has 16 heavy (non-hydrogen) atoms. The third kappa shape index (κ3) is 1.58. The Kier molecular flexibility index (Phi) is 2.46. The molecule has 0 aliphatic heterocycles. The standard InChI is InChI=1S/C11H10F2N2O/c1-6(2)15-10-4-8(13)7(12)3-9(10)14-5-11(15)16/h3-6H,1-2H3. The average molecular weight is 224 g/mol. The molecule has 0 aliphatic rings. The summed E-state index contributed by atoms with van der Waals surface area (Å²) in [4.78, 5) is 15.3. The van der Waals surface area contributed by atoms with Crippen LogP contribution in [0.25, 0.3) is 11.0 Å². The number of hydrogen-bond donors (Lipinski definition) is 0. The Morgan fingerprint density at radius 1 is 1.25 bits per heavy atom. The fourth-order valence-corrected chi connectivity index (χ4v) is 1.66. The van der Waals surface area contributed by atoms with Crippen LogP contribution in [0.2, 0.25) is 0 Å².